The molecule has 4 heteroatoms. The van der Waals surface area contributed by atoms with Crippen LogP contribution in [0.15, 0.2) is 42.3 Å². The van der Waals surface area contributed by atoms with Crippen molar-refractivity contribution in [2.24, 2.45) is 0 Å². The summed E-state index contributed by atoms with van der Waals surface area (Å²) in [6.07, 6.45) is 1.97. The summed E-state index contributed by atoms with van der Waals surface area (Å²) in [7, 11) is 0. The Morgan fingerprint density at radius 2 is 2.15 bits per heavy atom. The van der Waals surface area contributed by atoms with Crippen molar-refractivity contribution in [3.8, 4) is 16.3 Å². The number of rotatable bonds is 7. The Balaban J connectivity index is 1.93. The van der Waals surface area contributed by atoms with Crippen LogP contribution in [0.3, 0.4) is 0 Å². The summed E-state index contributed by atoms with van der Waals surface area (Å²) in [5, 5.41) is 6.36. The normalized spacial score (nSPS) is 12.1. The molecule has 0 saturated carbocycles. The molecule has 0 aliphatic heterocycles. The van der Waals surface area contributed by atoms with Crippen molar-refractivity contribution in [2.75, 3.05) is 13.1 Å². The molecule has 0 radical (unpaired) electrons. The van der Waals surface area contributed by atoms with Crippen molar-refractivity contribution in [3.05, 3.63) is 48.0 Å². The average Bonchev–Trinajstić information content (AvgIpc) is 2.86. The zero-order valence-corrected chi connectivity index (χ0v) is 12.7. The summed E-state index contributed by atoms with van der Waals surface area (Å²) in [6, 6.07) is 8.10. The van der Waals surface area contributed by atoms with Crippen LogP contribution in [-0.2, 0) is 0 Å². The van der Waals surface area contributed by atoms with Crippen molar-refractivity contribution in [1.29, 1.82) is 0 Å². The smallest absolute Gasteiger partial charge is 0.123 e. The lowest BCUT2D eigenvalue weighted by atomic mass is 10.2. The highest BCUT2D eigenvalue weighted by molar-refractivity contribution is 7.13. The molecule has 1 N–H and O–H groups in total. The highest BCUT2D eigenvalue weighted by Crippen LogP contribution is 2.25. The summed E-state index contributed by atoms with van der Waals surface area (Å²) in [4.78, 5) is 4.48. The number of aryl methyl sites for hydroxylation is 1. The van der Waals surface area contributed by atoms with E-state index in [1.165, 1.54) is 0 Å². The van der Waals surface area contributed by atoms with E-state index in [1.54, 1.807) is 11.3 Å². The summed E-state index contributed by atoms with van der Waals surface area (Å²) in [6.45, 7) is 9.34. The summed E-state index contributed by atoms with van der Waals surface area (Å²) in [5.74, 6) is 0.884. The lowest BCUT2D eigenvalue weighted by Gasteiger charge is -2.15. The highest BCUT2D eigenvalue weighted by Gasteiger charge is 2.05. The Labute approximate surface area is 124 Å². The maximum Gasteiger partial charge on any atom is 0.123 e. The lowest BCUT2D eigenvalue weighted by Crippen LogP contribution is -2.28. The summed E-state index contributed by atoms with van der Waals surface area (Å²) in [5.41, 5.74) is 2.19. The van der Waals surface area contributed by atoms with Gasteiger partial charge in [0.25, 0.3) is 0 Å². The van der Waals surface area contributed by atoms with Gasteiger partial charge >= 0.3 is 0 Å². The topological polar surface area (TPSA) is 34.1 Å². The zero-order valence-electron chi connectivity index (χ0n) is 11.9. The van der Waals surface area contributed by atoms with E-state index in [4.69, 9.17) is 4.74 Å². The van der Waals surface area contributed by atoms with Crippen LogP contribution in [-0.4, -0.2) is 24.2 Å². The van der Waals surface area contributed by atoms with Crippen molar-refractivity contribution >= 4 is 11.3 Å². The Morgan fingerprint density at radius 1 is 1.40 bits per heavy atom. The molecule has 2 aromatic rings. The van der Waals surface area contributed by atoms with Gasteiger partial charge in [0.2, 0.25) is 0 Å². The Kier molecular flexibility index (Phi) is 5.32. The molecular formula is C16H20N2OS. The second kappa shape index (κ2) is 7.22. The number of nitrogens with zero attached hydrogens (tertiary/aromatic N) is 1. The van der Waals surface area contributed by atoms with Gasteiger partial charge in [-0.1, -0.05) is 6.08 Å². The van der Waals surface area contributed by atoms with E-state index in [9.17, 15) is 0 Å². The van der Waals surface area contributed by atoms with E-state index in [-0.39, 0.29) is 6.10 Å². The van der Waals surface area contributed by atoms with Crippen molar-refractivity contribution in [3.63, 3.8) is 0 Å². The molecule has 1 atom stereocenters. The first-order valence-corrected chi connectivity index (χ1v) is 7.58. The average molecular weight is 288 g/mol. The third kappa shape index (κ3) is 4.18. The highest BCUT2D eigenvalue weighted by atomic mass is 32.1. The van der Waals surface area contributed by atoms with Gasteiger partial charge in [-0.15, -0.1) is 17.9 Å². The van der Waals surface area contributed by atoms with E-state index in [0.29, 0.717) is 0 Å². The van der Waals surface area contributed by atoms with E-state index in [1.807, 2.05) is 32.1 Å². The quantitative estimate of drug-likeness (QED) is 0.623. The molecule has 0 aliphatic carbocycles. The Bertz CT molecular complexity index is 548. The van der Waals surface area contributed by atoms with Crippen molar-refractivity contribution in [1.82, 2.24) is 10.3 Å². The van der Waals surface area contributed by atoms with Crippen LogP contribution >= 0.6 is 11.3 Å². The fourth-order valence-electron chi connectivity index (χ4n) is 1.83. The molecule has 0 bridgehead atoms. The fourth-order valence-corrected chi connectivity index (χ4v) is 2.63. The van der Waals surface area contributed by atoms with Crippen LogP contribution in [0.25, 0.3) is 10.6 Å². The number of aromatic nitrogens is 1. The zero-order chi connectivity index (χ0) is 14.4. The van der Waals surface area contributed by atoms with Crippen LogP contribution in [0, 0.1) is 6.92 Å². The first kappa shape index (κ1) is 14.8. The minimum absolute atomic E-state index is 0.128. The minimum atomic E-state index is 0.128. The van der Waals surface area contributed by atoms with Crippen molar-refractivity contribution < 1.29 is 4.74 Å². The van der Waals surface area contributed by atoms with Gasteiger partial charge in [0.1, 0.15) is 16.9 Å². The first-order chi connectivity index (χ1) is 9.69. The Morgan fingerprint density at radius 3 is 2.75 bits per heavy atom. The number of hydrogen-bond acceptors (Lipinski definition) is 4. The summed E-state index contributed by atoms with van der Waals surface area (Å²) >= 11 is 1.66. The van der Waals surface area contributed by atoms with Gasteiger partial charge in [0.05, 0.1) is 0 Å². The molecule has 1 heterocycles. The van der Waals surface area contributed by atoms with E-state index >= 15 is 0 Å². The maximum atomic E-state index is 5.84. The number of hydrogen-bond donors (Lipinski definition) is 1. The van der Waals surface area contributed by atoms with Gasteiger partial charge in [-0.2, -0.15) is 0 Å². The molecule has 0 fully saturated rings. The van der Waals surface area contributed by atoms with Gasteiger partial charge in [-0.3, -0.25) is 0 Å². The SMILES string of the molecule is C=CCNCC(C)Oc1ccc(-c2nc(C)cs2)cc1. The van der Waals surface area contributed by atoms with Gasteiger partial charge in [0.15, 0.2) is 0 Å². The second-order valence-corrected chi connectivity index (χ2v) is 5.55. The number of nitrogens with one attached hydrogen (secondary N) is 1. The monoisotopic (exact) mass is 288 g/mol. The van der Waals surface area contributed by atoms with Gasteiger partial charge in [-0.25, -0.2) is 4.98 Å². The second-order valence-electron chi connectivity index (χ2n) is 4.69. The van der Waals surface area contributed by atoms with E-state index in [2.05, 4.69) is 34.4 Å². The standard InChI is InChI=1S/C16H20N2OS/c1-4-9-17-10-13(3)19-15-7-5-14(6-8-15)16-18-12(2)11-20-16/h4-8,11,13,17H,1,9-10H2,2-3H3. The molecule has 1 aromatic carbocycles. The molecule has 0 aliphatic rings. The van der Waals surface area contributed by atoms with Gasteiger partial charge < -0.3 is 10.1 Å². The maximum absolute atomic E-state index is 5.84. The fraction of sp³-hybridized carbons (Fsp3) is 0.312. The molecule has 20 heavy (non-hydrogen) atoms. The Hall–Kier alpha value is -1.65. The largest absolute Gasteiger partial charge is 0.489 e. The molecule has 1 unspecified atom stereocenters. The predicted octanol–water partition coefficient (Wildman–Crippen LogP) is 3.66. The third-order valence-corrected chi connectivity index (χ3v) is 3.79. The number of benzene rings is 1. The molecule has 2 rings (SSSR count). The van der Waals surface area contributed by atoms with Crippen LogP contribution in [0.5, 0.6) is 5.75 Å². The van der Waals surface area contributed by atoms with Crippen molar-refractivity contribution in [2.45, 2.75) is 20.0 Å². The predicted molar refractivity (Wildman–Crippen MR) is 85.4 cm³/mol. The lowest BCUT2D eigenvalue weighted by molar-refractivity contribution is 0.219. The molecule has 0 saturated heterocycles. The number of ether oxygens (including phenoxy) is 1. The molecule has 0 amide bonds. The summed E-state index contributed by atoms with van der Waals surface area (Å²) < 4.78 is 5.84. The third-order valence-electron chi connectivity index (χ3n) is 2.78. The van der Waals surface area contributed by atoms with E-state index < -0.39 is 0 Å². The van der Waals surface area contributed by atoms with Crippen LogP contribution < -0.4 is 10.1 Å². The first-order valence-electron chi connectivity index (χ1n) is 6.70. The van der Waals surface area contributed by atoms with Crippen LogP contribution in [0.4, 0.5) is 0 Å². The molecule has 1 aromatic heterocycles. The molecule has 106 valence electrons. The molecule has 3 nitrogen and oxygen atoms in total. The van der Waals surface area contributed by atoms with Crippen LogP contribution in [0.1, 0.15) is 12.6 Å². The van der Waals surface area contributed by atoms with Crippen LogP contribution in [0.2, 0.25) is 0 Å². The van der Waals surface area contributed by atoms with E-state index in [0.717, 1.165) is 35.1 Å². The molecule has 0 spiro atoms. The number of thiazole rings is 1. The minimum Gasteiger partial charge on any atom is -0.489 e. The van der Waals surface area contributed by atoms with Gasteiger partial charge in [-0.05, 0) is 38.1 Å². The molecular weight excluding hydrogens is 268 g/mol. The van der Waals surface area contributed by atoms with Gasteiger partial charge in [0, 0.05) is 29.7 Å².